The maximum atomic E-state index is 12.1. The number of hydrogen-bond acceptors (Lipinski definition) is 5. The Kier molecular flexibility index (Phi) is 7.01. The van der Waals surface area contributed by atoms with E-state index in [1.807, 2.05) is 0 Å². The van der Waals surface area contributed by atoms with E-state index in [0.717, 1.165) is 36.5 Å². The number of nitrogens with one attached hydrogen (secondary N) is 2. The summed E-state index contributed by atoms with van der Waals surface area (Å²) in [6.07, 6.45) is 1.53. The quantitative estimate of drug-likeness (QED) is 0.620. The lowest BCUT2D eigenvalue weighted by Crippen LogP contribution is -2.32. The average molecular weight is 354 g/mol. The van der Waals surface area contributed by atoms with E-state index >= 15 is 0 Å². The third-order valence-electron chi connectivity index (χ3n) is 4.12. The largest absolute Gasteiger partial charge is 0.376 e. The molecule has 0 aliphatic carbocycles. The lowest BCUT2D eigenvalue weighted by atomic mass is 10.1. The molecule has 1 aromatic heterocycles. The van der Waals surface area contributed by atoms with Gasteiger partial charge in [0.1, 0.15) is 5.00 Å². The number of hydrogen-bond donors (Lipinski definition) is 3. The van der Waals surface area contributed by atoms with Crippen molar-refractivity contribution in [2.75, 3.05) is 38.1 Å². The van der Waals surface area contributed by atoms with Gasteiger partial charge in [0.15, 0.2) is 0 Å². The van der Waals surface area contributed by atoms with Gasteiger partial charge >= 0.3 is 6.03 Å². The van der Waals surface area contributed by atoms with Gasteiger partial charge in [-0.25, -0.2) is 4.79 Å². The van der Waals surface area contributed by atoms with E-state index in [2.05, 4.69) is 29.4 Å². The van der Waals surface area contributed by atoms with Crippen molar-refractivity contribution < 1.29 is 14.3 Å². The van der Waals surface area contributed by atoms with Crippen molar-refractivity contribution in [2.24, 2.45) is 5.73 Å². The zero-order valence-electron chi connectivity index (χ0n) is 14.3. The first-order chi connectivity index (χ1) is 11.6. The van der Waals surface area contributed by atoms with Gasteiger partial charge in [-0.05, 0) is 38.0 Å². The summed E-state index contributed by atoms with van der Waals surface area (Å²) >= 11 is 1.36. The summed E-state index contributed by atoms with van der Waals surface area (Å²) in [5.41, 5.74) is 6.83. The molecule has 0 unspecified atom stereocenters. The second-order valence-electron chi connectivity index (χ2n) is 5.64. The first-order valence-corrected chi connectivity index (χ1v) is 9.17. The summed E-state index contributed by atoms with van der Waals surface area (Å²) in [5, 5.41) is 6.10. The first-order valence-electron chi connectivity index (χ1n) is 8.36. The number of thiophene rings is 1. The van der Waals surface area contributed by atoms with Gasteiger partial charge in [0.25, 0.3) is 5.91 Å². The molecule has 0 fully saturated rings. The topological polar surface area (TPSA) is 96.7 Å². The van der Waals surface area contributed by atoms with Gasteiger partial charge in [0.2, 0.25) is 0 Å². The molecule has 8 heteroatoms. The van der Waals surface area contributed by atoms with Crippen LogP contribution in [-0.4, -0.2) is 49.6 Å². The van der Waals surface area contributed by atoms with E-state index in [1.165, 1.54) is 11.3 Å². The number of primary amides is 1. The Morgan fingerprint density at radius 2 is 2.08 bits per heavy atom. The molecule has 2 heterocycles. The molecule has 0 spiro atoms. The van der Waals surface area contributed by atoms with Crippen molar-refractivity contribution in [2.45, 2.75) is 33.3 Å². The Morgan fingerprint density at radius 3 is 2.75 bits per heavy atom. The third-order valence-corrected chi connectivity index (χ3v) is 5.25. The molecule has 1 aromatic rings. The van der Waals surface area contributed by atoms with Crippen LogP contribution in [0.25, 0.3) is 0 Å². The fourth-order valence-corrected chi connectivity index (χ4v) is 3.96. The van der Waals surface area contributed by atoms with Crippen molar-refractivity contribution >= 4 is 28.3 Å². The molecule has 4 N–H and O–H groups in total. The second-order valence-corrected chi connectivity index (χ2v) is 6.74. The van der Waals surface area contributed by atoms with Gasteiger partial charge in [-0.3, -0.25) is 10.1 Å². The number of carbonyl (C=O) groups is 2. The molecule has 0 radical (unpaired) electrons. The predicted molar refractivity (Wildman–Crippen MR) is 95.6 cm³/mol. The highest BCUT2D eigenvalue weighted by Gasteiger charge is 2.25. The number of rotatable bonds is 8. The maximum Gasteiger partial charge on any atom is 0.319 e. The Hall–Kier alpha value is -1.64. The molecular formula is C16H26N4O3S. The Bertz CT molecular complexity index is 584. The zero-order chi connectivity index (χ0) is 17.5. The standard InChI is InChI=1S/C16H26N4O3S/c1-3-20(4-2)8-5-7-18-16(22)19-15-13(14(17)21)11-6-9-23-10-12(11)24-15/h3-10H2,1-2H3,(H2,17,21)(H2,18,19,22). The summed E-state index contributed by atoms with van der Waals surface area (Å²) in [7, 11) is 0. The molecule has 0 aromatic carbocycles. The Labute approximate surface area is 146 Å². The molecule has 134 valence electrons. The van der Waals surface area contributed by atoms with E-state index < -0.39 is 5.91 Å². The molecule has 0 atom stereocenters. The normalized spacial score (nSPS) is 13.6. The smallest absolute Gasteiger partial charge is 0.319 e. The minimum absolute atomic E-state index is 0.309. The van der Waals surface area contributed by atoms with Gasteiger partial charge in [-0.1, -0.05) is 13.8 Å². The lowest BCUT2D eigenvalue weighted by molar-refractivity contribution is 0.0991. The van der Waals surface area contributed by atoms with Crippen LogP contribution in [0.1, 0.15) is 41.1 Å². The van der Waals surface area contributed by atoms with Crippen LogP contribution in [0.3, 0.4) is 0 Å². The Morgan fingerprint density at radius 1 is 1.33 bits per heavy atom. The highest BCUT2D eigenvalue weighted by Crippen LogP contribution is 2.36. The van der Waals surface area contributed by atoms with E-state index in [0.29, 0.717) is 36.7 Å². The molecular weight excluding hydrogens is 328 g/mol. The molecule has 24 heavy (non-hydrogen) atoms. The number of nitrogens with zero attached hydrogens (tertiary/aromatic N) is 1. The van der Waals surface area contributed by atoms with Crippen molar-refractivity contribution in [3.63, 3.8) is 0 Å². The lowest BCUT2D eigenvalue weighted by Gasteiger charge is -2.17. The van der Waals surface area contributed by atoms with Crippen LogP contribution in [0.2, 0.25) is 0 Å². The summed E-state index contributed by atoms with van der Waals surface area (Å²) in [6, 6.07) is -0.309. The zero-order valence-corrected chi connectivity index (χ0v) is 15.1. The molecule has 7 nitrogen and oxygen atoms in total. The minimum atomic E-state index is -0.508. The first kappa shape index (κ1) is 18.7. The van der Waals surface area contributed by atoms with Crippen molar-refractivity contribution in [3.05, 3.63) is 16.0 Å². The highest BCUT2D eigenvalue weighted by molar-refractivity contribution is 7.17. The third kappa shape index (κ3) is 4.68. The van der Waals surface area contributed by atoms with E-state index in [9.17, 15) is 9.59 Å². The molecule has 3 amide bonds. The van der Waals surface area contributed by atoms with Crippen LogP contribution in [-0.2, 0) is 17.8 Å². The summed E-state index contributed by atoms with van der Waals surface area (Å²) in [5.74, 6) is -0.508. The molecule has 0 saturated heterocycles. The summed E-state index contributed by atoms with van der Waals surface area (Å²) in [4.78, 5) is 27.1. The number of amides is 3. The molecule has 1 aliphatic rings. The number of ether oxygens (including phenoxy) is 1. The molecule has 2 rings (SSSR count). The number of fused-ring (bicyclic) bond motifs is 1. The molecule has 0 bridgehead atoms. The van der Waals surface area contributed by atoms with Gasteiger partial charge in [-0.2, -0.15) is 0 Å². The van der Waals surface area contributed by atoms with Crippen LogP contribution >= 0.6 is 11.3 Å². The SMILES string of the molecule is CCN(CC)CCCNC(=O)Nc1sc2c(c1C(N)=O)CCOC2. The van der Waals surface area contributed by atoms with Crippen LogP contribution in [0.4, 0.5) is 9.80 Å². The summed E-state index contributed by atoms with van der Waals surface area (Å²) < 4.78 is 5.40. The minimum Gasteiger partial charge on any atom is -0.376 e. The van der Waals surface area contributed by atoms with Gasteiger partial charge in [-0.15, -0.1) is 11.3 Å². The van der Waals surface area contributed by atoms with Crippen LogP contribution in [0.5, 0.6) is 0 Å². The molecule has 1 aliphatic heterocycles. The van der Waals surface area contributed by atoms with Gasteiger partial charge in [0.05, 0.1) is 18.8 Å². The predicted octanol–water partition coefficient (Wildman–Crippen LogP) is 1.77. The highest BCUT2D eigenvalue weighted by atomic mass is 32.1. The van der Waals surface area contributed by atoms with Gasteiger partial charge < -0.3 is 20.7 Å². The number of carbonyl (C=O) groups excluding carboxylic acids is 2. The van der Waals surface area contributed by atoms with Crippen LogP contribution in [0.15, 0.2) is 0 Å². The van der Waals surface area contributed by atoms with Crippen molar-refractivity contribution in [1.82, 2.24) is 10.2 Å². The van der Waals surface area contributed by atoms with Gasteiger partial charge in [0, 0.05) is 11.4 Å². The summed E-state index contributed by atoms with van der Waals surface area (Å²) in [6.45, 7) is 8.83. The van der Waals surface area contributed by atoms with Crippen LogP contribution < -0.4 is 16.4 Å². The molecule has 0 saturated carbocycles. The van der Waals surface area contributed by atoms with E-state index in [1.54, 1.807) is 0 Å². The Balaban J connectivity index is 1.90. The number of nitrogens with two attached hydrogens (primary N) is 1. The van der Waals surface area contributed by atoms with E-state index in [4.69, 9.17) is 10.5 Å². The average Bonchev–Trinajstić information content (AvgIpc) is 2.92. The number of urea groups is 1. The fraction of sp³-hybridized carbons (Fsp3) is 0.625. The van der Waals surface area contributed by atoms with Crippen molar-refractivity contribution in [3.8, 4) is 0 Å². The monoisotopic (exact) mass is 354 g/mol. The fourth-order valence-electron chi connectivity index (χ4n) is 2.77. The number of anilines is 1. The van der Waals surface area contributed by atoms with E-state index in [-0.39, 0.29) is 6.03 Å². The van der Waals surface area contributed by atoms with Crippen molar-refractivity contribution in [1.29, 1.82) is 0 Å². The second kappa shape index (κ2) is 9.00. The maximum absolute atomic E-state index is 12.1. The van der Waals surface area contributed by atoms with Crippen LogP contribution in [0, 0.1) is 0 Å².